The first-order valence-corrected chi connectivity index (χ1v) is 15.7. The predicted molar refractivity (Wildman–Crippen MR) is 194 cm³/mol. The minimum Gasteiger partial charge on any atom is -0.455 e. The highest BCUT2D eigenvalue weighted by atomic mass is 16.3. The van der Waals surface area contributed by atoms with Gasteiger partial charge in [-0.25, -0.2) is 0 Å². The van der Waals surface area contributed by atoms with Gasteiger partial charge in [-0.15, -0.1) is 0 Å². The number of nitrogens with zero attached hydrogens (tertiary/aromatic N) is 1. The predicted octanol–water partition coefficient (Wildman–Crippen LogP) is 12.7. The van der Waals surface area contributed by atoms with Gasteiger partial charge >= 0.3 is 0 Å². The third-order valence-corrected chi connectivity index (χ3v) is 9.05. The topological polar surface area (TPSA) is 16.4 Å². The van der Waals surface area contributed by atoms with E-state index < -0.39 is 0 Å². The van der Waals surface area contributed by atoms with Crippen LogP contribution in [0.15, 0.2) is 180 Å². The lowest BCUT2D eigenvalue weighted by molar-refractivity contribution is 0.670. The zero-order valence-corrected chi connectivity index (χ0v) is 25.1. The minimum atomic E-state index is 0.911. The highest BCUT2D eigenvalue weighted by Gasteiger charge is 2.23. The molecule has 0 saturated heterocycles. The van der Waals surface area contributed by atoms with Gasteiger partial charge in [0.05, 0.1) is 5.69 Å². The molecular formula is C44H29NO. The number of anilines is 3. The number of benzene rings is 8. The Morgan fingerprint density at radius 3 is 1.63 bits per heavy atom. The summed E-state index contributed by atoms with van der Waals surface area (Å²) in [5, 5.41) is 7.21. The van der Waals surface area contributed by atoms with Gasteiger partial charge in [0.1, 0.15) is 11.2 Å². The molecule has 9 aromatic rings. The smallest absolute Gasteiger partial charge is 0.143 e. The van der Waals surface area contributed by atoms with E-state index in [4.69, 9.17) is 4.42 Å². The summed E-state index contributed by atoms with van der Waals surface area (Å²) in [6.45, 7) is 0. The molecule has 0 aliphatic carbocycles. The van der Waals surface area contributed by atoms with Crippen molar-refractivity contribution in [3.63, 3.8) is 0 Å². The SMILES string of the molecule is c1ccc(-c2c(N(c3ccccc3)c3ccc(-c4cccc5c4oc4ccccc45)cc3)c3ccccc3c3ccccc23)cc1. The van der Waals surface area contributed by atoms with E-state index in [0.29, 0.717) is 0 Å². The van der Waals surface area contributed by atoms with Crippen molar-refractivity contribution in [2.45, 2.75) is 0 Å². The fourth-order valence-corrected chi connectivity index (χ4v) is 7.00. The average Bonchev–Trinajstić information content (AvgIpc) is 3.52. The summed E-state index contributed by atoms with van der Waals surface area (Å²) in [7, 11) is 0. The van der Waals surface area contributed by atoms with Crippen molar-refractivity contribution in [2.75, 3.05) is 4.90 Å². The zero-order chi connectivity index (χ0) is 30.5. The molecule has 9 rings (SSSR count). The molecular weight excluding hydrogens is 558 g/mol. The average molecular weight is 588 g/mol. The monoisotopic (exact) mass is 587 g/mol. The van der Waals surface area contributed by atoms with Gasteiger partial charge in [-0.3, -0.25) is 0 Å². The van der Waals surface area contributed by atoms with Crippen molar-refractivity contribution in [2.24, 2.45) is 0 Å². The quantitative estimate of drug-likeness (QED) is 0.186. The summed E-state index contributed by atoms with van der Waals surface area (Å²) in [5.41, 5.74) is 9.80. The van der Waals surface area contributed by atoms with Gasteiger partial charge in [0.15, 0.2) is 0 Å². The van der Waals surface area contributed by atoms with E-state index in [1.54, 1.807) is 0 Å². The maximum Gasteiger partial charge on any atom is 0.143 e. The normalized spacial score (nSPS) is 11.5. The molecule has 0 saturated carbocycles. The number of para-hydroxylation sites is 3. The van der Waals surface area contributed by atoms with Gasteiger partial charge in [-0.2, -0.15) is 0 Å². The molecule has 2 heteroatoms. The first-order chi connectivity index (χ1) is 22.8. The van der Waals surface area contributed by atoms with Crippen molar-refractivity contribution in [3.05, 3.63) is 176 Å². The second-order valence-corrected chi connectivity index (χ2v) is 11.7. The Morgan fingerprint density at radius 1 is 0.348 bits per heavy atom. The Bertz CT molecular complexity index is 2510. The maximum atomic E-state index is 6.40. The second kappa shape index (κ2) is 10.8. The van der Waals surface area contributed by atoms with E-state index in [1.807, 2.05) is 12.1 Å². The third-order valence-electron chi connectivity index (χ3n) is 9.05. The van der Waals surface area contributed by atoms with Gasteiger partial charge in [-0.05, 0) is 57.6 Å². The van der Waals surface area contributed by atoms with Crippen LogP contribution in [0.3, 0.4) is 0 Å². The van der Waals surface area contributed by atoms with E-state index in [9.17, 15) is 0 Å². The number of rotatable bonds is 5. The van der Waals surface area contributed by atoms with Crippen LogP contribution in [-0.2, 0) is 0 Å². The molecule has 0 aliphatic heterocycles. The van der Waals surface area contributed by atoms with Crippen molar-refractivity contribution in [1.29, 1.82) is 0 Å². The molecule has 2 nitrogen and oxygen atoms in total. The number of fused-ring (bicyclic) bond motifs is 6. The summed E-state index contributed by atoms with van der Waals surface area (Å²) < 4.78 is 6.40. The minimum absolute atomic E-state index is 0.911. The lowest BCUT2D eigenvalue weighted by Crippen LogP contribution is -2.12. The molecule has 0 spiro atoms. The molecule has 8 aromatic carbocycles. The standard InChI is InChI=1S/C44H29NO/c1-3-14-31(15-4-1)42-38-21-9-7-18-35(38)36-19-8-10-22-39(36)43(42)45(32-16-5-2-6-17-32)33-28-26-30(27-29-33)34-23-13-24-40-37-20-11-12-25-41(37)46-44(34)40/h1-29H. The summed E-state index contributed by atoms with van der Waals surface area (Å²) in [6.07, 6.45) is 0. The molecule has 0 unspecified atom stereocenters. The van der Waals surface area contributed by atoms with Gasteiger partial charge in [-0.1, -0.05) is 146 Å². The molecule has 0 radical (unpaired) electrons. The van der Waals surface area contributed by atoms with Crippen LogP contribution in [0.4, 0.5) is 17.1 Å². The van der Waals surface area contributed by atoms with Crippen LogP contribution in [0.1, 0.15) is 0 Å². The first-order valence-electron chi connectivity index (χ1n) is 15.7. The number of furan rings is 1. The Kier molecular flexibility index (Phi) is 6.17. The van der Waals surface area contributed by atoms with Gasteiger partial charge in [0.2, 0.25) is 0 Å². The van der Waals surface area contributed by atoms with Crippen LogP contribution in [0.5, 0.6) is 0 Å². The van der Waals surface area contributed by atoms with Crippen LogP contribution in [-0.4, -0.2) is 0 Å². The van der Waals surface area contributed by atoms with Gasteiger partial charge in [0.25, 0.3) is 0 Å². The van der Waals surface area contributed by atoms with Crippen LogP contribution < -0.4 is 4.90 Å². The second-order valence-electron chi connectivity index (χ2n) is 11.7. The molecule has 0 N–H and O–H groups in total. The molecule has 1 aromatic heterocycles. The maximum absolute atomic E-state index is 6.40. The Hall–Kier alpha value is -6.12. The first kappa shape index (κ1) is 26.3. The lowest BCUT2D eigenvalue weighted by atomic mass is 9.90. The number of hydrogen-bond acceptors (Lipinski definition) is 2. The fraction of sp³-hybridized carbons (Fsp3) is 0. The molecule has 0 amide bonds. The molecule has 0 bridgehead atoms. The molecule has 0 fully saturated rings. The number of hydrogen-bond donors (Lipinski definition) is 0. The summed E-state index contributed by atoms with van der Waals surface area (Å²) >= 11 is 0. The van der Waals surface area contributed by atoms with Gasteiger partial charge in [0, 0.05) is 38.7 Å². The Balaban J connectivity index is 1.30. The van der Waals surface area contributed by atoms with Gasteiger partial charge < -0.3 is 9.32 Å². The lowest BCUT2D eigenvalue weighted by Gasteiger charge is -2.30. The zero-order valence-electron chi connectivity index (χ0n) is 25.1. The van der Waals surface area contributed by atoms with E-state index in [2.05, 4.69) is 169 Å². The van der Waals surface area contributed by atoms with Crippen molar-refractivity contribution in [3.8, 4) is 22.3 Å². The Morgan fingerprint density at radius 2 is 0.891 bits per heavy atom. The van der Waals surface area contributed by atoms with E-state index in [0.717, 1.165) is 44.4 Å². The molecule has 1 heterocycles. The summed E-state index contributed by atoms with van der Waals surface area (Å²) in [4.78, 5) is 2.42. The molecule has 46 heavy (non-hydrogen) atoms. The summed E-state index contributed by atoms with van der Waals surface area (Å²) in [6, 6.07) is 62.7. The Labute approximate surface area is 267 Å². The van der Waals surface area contributed by atoms with E-state index in [-0.39, 0.29) is 0 Å². The highest BCUT2D eigenvalue weighted by molar-refractivity contribution is 6.22. The summed E-state index contributed by atoms with van der Waals surface area (Å²) in [5.74, 6) is 0. The third kappa shape index (κ3) is 4.19. The van der Waals surface area contributed by atoms with Crippen molar-refractivity contribution >= 4 is 60.5 Å². The van der Waals surface area contributed by atoms with Crippen molar-refractivity contribution in [1.82, 2.24) is 0 Å². The van der Waals surface area contributed by atoms with Crippen LogP contribution >= 0.6 is 0 Å². The largest absolute Gasteiger partial charge is 0.455 e. The van der Waals surface area contributed by atoms with Crippen LogP contribution in [0, 0.1) is 0 Å². The molecule has 0 aliphatic rings. The van der Waals surface area contributed by atoms with E-state index in [1.165, 1.54) is 38.4 Å². The van der Waals surface area contributed by atoms with Crippen LogP contribution in [0.2, 0.25) is 0 Å². The molecule has 216 valence electrons. The molecule has 0 atom stereocenters. The fourth-order valence-electron chi connectivity index (χ4n) is 7.00. The highest BCUT2D eigenvalue weighted by Crippen LogP contribution is 2.49. The van der Waals surface area contributed by atoms with Crippen molar-refractivity contribution < 1.29 is 4.42 Å². The van der Waals surface area contributed by atoms with Crippen LogP contribution in [0.25, 0.3) is 65.7 Å². The van der Waals surface area contributed by atoms with E-state index >= 15 is 0 Å².